The summed E-state index contributed by atoms with van der Waals surface area (Å²) in [4.78, 5) is 20.4. The highest BCUT2D eigenvalue weighted by atomic mass is 16.1. The molecule has 0 radical (unpaired) electrons. The summed E-state index contributed by atoms with van der Waals surface area (Å²) in [7, 11) is 0. The first-order valence-corrected chi connectivity index (χ1v) is 8.79. The van der Waals surface area contributed by atoms with E-state index < -0.39 is 0 Å². The highest BCUT2D eigenvalue weighted by Crippen LogP contribution is 2.22. The molecule has 4 rings (SSSR count). The lowest BCUT2D eigenvalue weighted by molar-refractivity contribution is 0.102. The zero-order valence-electron chi connectivity index (χ0n) is 15.4. The summed E-state index contributed by atoms with van der Waals surface area (Å²) in [6, 6.07) is 11.6. The minimum Gasteiger partial charge on any atom is -0.360 e. The van der Waals surface area contributed by atoms with Crippen LogP contribution in [-0.4, -0.2) is 30.6 Å². The van der Waals surface area contributed by atoms with Crippen LogP contribution in [0.5, 0.6) is 0 Å². The predicted octanol–water partition coefficient (Wildman–Crippen LogP) is 3.96. The average Bonchev–Trinajstić information content (AvgIpc) is 3.28. The van der Waals surface area contributed by atoms with E-state index in [0.29, 0.717) is 22.9 Å². The molecule has 0 saturated carbocycles. The Balaban J connectivity index is 1.63. The minimum absolute atomic E-state index is 0.208. The third kappa shape index (κ3) is 3.19. The summed E-state index contributed by atoms with van der Waals surface area (Å²) in [5.74, 6) is 0.931. The van der Waals surface area contributed by atoms with Crippen LogP contribution in [0, 0.1) is 6.92 Å². The fourth-order valence-electron chi connectivity index (χ4n) is 3.04. The molecule has 0 unspecified atom stereocenters. The van der Waals surface area contributed by atoms with Crippen LogP contribution < -0.4 is 5.32 Å². The summed E-state index contributed by atoms with van der Waals surface area (Å²) in [5, 5.41) is 11.9. The fraction of sp³-hybridized carbons (Fsp3) is 0.200. The van der Waals surface area contributed by atoms with Gasteiger partial charge in [0.2, 0.25) is 0 Å². The van der Waals surface area contributed by atoms with Crippen molar-refractivity contribution in [1.29, 1.82) is 0 Å². The third-order valence-corrected chi connectivity index (χ3v) is 4.43. The van der Waals surface area contributed by atoms with Crippen LogP contribution >= 0.6 is 0 Å². The van der Waals surface area contributed by atoms with Gasteiger partial charge in [0.1, 0.15) is 17.8 Å². The number of nitrogens with one attached hydrogen (secondary N) is 2. The number of amides is 1. The molecule has 27 heavy (non-hydrogen) atoms. The second-order valence-corrected chi connectivity index (χ2v) is 6.77. The highest BCUT2D eigenvalue weighted by molar-refractivity contribution is 6.12. The van der Waals surface area contributed by atoms with Gasteiger partial charge in [-0.15, -0.1) is 10.2 Å². The van der Waals surface area contributed by atoms with Crippen molar-refractivity contribution in [3.8, 4) is 11.5 Å². The molecule has 7 nitrogen and oxygen atoms in total. The maximum atomic E-state index is 12.7. The maximum absolute atomic E-state index is 12.7. The monoisotopic (exact) mass is 360 g/mol. The highest BCUT2D eigenvalue weighted by Gasteiger charge is 2.15. The van der Waals surface area contributed by atoms with Crippen molar-refractivity contribution in [1.82, 2.24) is 24.7 Å². The van der Waals surface area contributed by atoms with Crippen LogP contribution in [0.15, 0.2) is 48.9 Å². The smallest absolute Gasteiger partial charge is 0.258 e. The SMILES string of the molecule is Cc1ccc2c(C(=O)Nc3cccc(-c4nncn4C(C)C)n3)c[nH]c2c1. The lowest BCUT2D eigenvalue weighted by Crippen LogP contribution is -2.13. The molecule has 0 bridgehead atoms. The molecule has 0 fully saturated rings. The van der Waals surface area contributed by atoms with Gasteiger partial charge >= 0.3 is 0 Å². The maximum Gasteiger partial charge on any atom is 0.258 e. The summed E-state index contributed by atoms with van der Waals surface area (Å²) in [6.07, 6.45) is 3.40. The Bertz CT molecular complexity index is 1120. The number of carbonyl (C=O) groups excluding carboxylic acids is 1. The van der Waals surface area contributed by atoms with Crippen LogP contribution in [0.4, 0.5) is 5.82 Å². The summed E-state index contributed by atoms with van der Waals surface area (Å²) >= 11 is 0. The Morgan fingerprint density at radius 2 is 2.07 bits per heavy atom. The lowest BCUT2D eigenvalue weighted by Gasteiger charge is -2.10. The second-order valence-electron chi connectivity index (χ2n) is 6.77. The van der Waals surface area contributed by atoms with Crippen molar-refractivity contribution in [3.63, 3.8) is 0 Å². The number of rotatable bonds is 4. The molecule has 136 valence electrons. The topological polar surface area (TPSA) is 88.5 Å². The Morgan fingerprint density at radius 3 is 2.89 bits per heavy atom. The van der Waals surface area contributed by atoms with Crippen LogP contribution in [0.25, 0.3) is 22.4 Å². The first-order valence-electron chi connectivity index (χ1n) is 8.79. The van der Waals surface area contributed by atoms with Gasteiger partial charge in [0.25, 0.3) is 5.91 Å². The third-order valence-electron chi connectivity index (χ3n) is 4.43. The lowest BCUT2D eigenvalue weighted by atomic mass is 10.1. The number of aromatic amines is 1. The van der Waals surface area contributed by atoms with Gasteiger partial charge in [-0.1, -0.05) is 18.2 Å². The molecule has 7 heteroatoms. The first-order chi connectivity index (χ1) is 13.0. The minimum atomic E-state index is -0.208. The van der Waals surface area contributed by atoms with Crippen molar-refractivity contribution in [2.75, 3.05) is 5.32 Å². The van der Waals surface area contributed by atoms with E-state index in [1.807, 2.05) is 41.8 Å². The zero-order valence-corrected chi connectivity index (χ0v) is 15.4. The van der Waals surface area contributed by atoms with E-state index >= 15 is 0 Å². The average molecular weight is 360 g/mol. The first kappa shape index (κ1) is 17.0. The number of pyridine rings is 1. The van der Waals surface area contributed by atoms with Crippen molar-refractivity contribution < 1.29 is 4.79 Å². The molecule has 4 aromatic rings. The van der Waals surface area contributed by atoms with Gasteiger partial charge in [-0.25, -0.2) is 4.98 Å². The van der Waals surface area contributed by atoms with E-state index in [1.165, 1.54) is 0 Å². The number of aromatic nitrogens is 5. The molecule has 1 amide bonds. The number of fused-ring (bicyclic) bond motifs is 1. The van der Waals surface area contributed by atoms with Gasteiger partial charge in [-0.05, 0) is 44.5 Å². The molecule has 0 atom stereocenters. The van der Waals surface area contributed by atoms with Crippen LogP contribution in [0.1, 0.15) is 35.8 Å². The number of aryl methyl sites for hydroxylation is 1. The van der Waals surface area contributed by atoms with Crippen LogP contribution in [-0.2, 0) is 0 Å². The van der Waals surface area contributed by atoms with E-state index in [0.717, 1.165) is 16.5 Å². The molecule has 3 aromatic heterocycles. The number of carbonyl (C=O) groups is 1. The standard InChI is InChI=1S/C20H20N6O/c1-12(2)26-11-22-25-19(26)16-5-4-6-18(23-16)24-20(27)15-10-21-17-9-13(3)7-8-14(15)17/h4-12,21H,1-3H3,(H,23,24,27). The molecule has 0 saturated heterocycles. The molecule has 3 heterocycles. The molecule has 1 aromatic carbocycles. The zero-order chi connectivity index (χ0) is 19.0. The summed E-state index contributed by atoms with van der Waals surface area (Å²) < 4.78 is 1.94. The molecule has 2 N–H and O–H groups in total. The van der Waals surface area contributed by atoms with Crippen molar-refractivity contribution in [3.05, 3.63) is 60.0 Å². The normalized spacial score (nSPS) is 11.3. The Kier molecular flexibility index (Phi) is 4.19. The van der Waals surface area contributed by atoms with Crippen LogP contribution in [0.3, 0.4) is 0 Å². The molecule has 0 spiro atoms. The van der Waals surface area contributed by atoms with Gasteiger partial charge in [0, 0.05) is 23.1 Å². The van der Waals surface area contributed by atoms with Gasteiger partial charge in [0.15, 0.2) is 5.82 Å². The van der Waals surface area contributed by atoms with Gasteiger partial charge in [-0.2, -0.15) is 0 Å². The van der Waals surface area contributed by atoms with E-state index in [1.54, 1.807) is 18.6 Å². The number of nitrogens with zero attached hydrogens (tertiary/aromatic N) is 4. The Morgan fingerprint density at radius 1 is 1.22 bits per heavy atom. The molecular weight excluding hydrogens is 340 g/mol. The van der Waals surface area contributed by atoms with Crippen molar-refractivity contribution >= 4 is 22.6 Å². The van der Waals surface area contributed by atoms with Gasteiger partial charge < -0.3 is 14.9 Å². The largest absolute Gasteiger partial charge is 0.360 e. The van der Waals surface area contributed by atoms with E-state index in [2.05, 4.69) is 39.3 Å². The molecule has 0 aliphatic carbocycles. The van der Waals surface area contributed by atoms with Gasteiger partial charge in [0.05, 0.1) is 5.56 Å². The summed E-state index contributed by atoms with van der Waals surface area (Å²) in [5.41, 5.74) is 3.32. The Hall–Kier alpha value is -3.48. The van der Waals surface area contributed by atoms with Gasteiger partial charge in [-0.3, -0.25) is 4.79 Å². The molecule has 0 aliphatic heterocycles. The van der Waals surface area contributed by atoms with Crippen LogP contribution in [0.2, 0.25) is 0 Å². The van der Waals surface area contributed by atoms with E-state index in [-0.39, 0.29) is 11.9 Å². The number of anilines is 1. The number of hydrogen-bond donors (Lipinski definition) is 2. The molecular formula is C20H20N6O. The number of benzene rings is 1. The predicted molar refractivity (Wildman–Crippen MR) is 105 cm³/mol. The second kappa shape index (κ2) is 6.68. The van der Waals surface area contributed by atoms with Crippen molar-refractivity contribution in [2.45, 2.75) is 26.8 Å². The van der Waals surface area contributed by atoms with E-state index in [4.69, 9.17) is 0 Å². The Labute approximate surface area is 156 Å². The van der Waals surface area contributed by atoms with Crippen molar-refractivity contribution in [2.24, 2.45) is 0 Å². The molecule has 0 aliphatic rings. The van der Waals surface area contributed by atoms with E-state index in [9.17, 15) is 4.79 Å². The fourth-order valence-corrected chi connectivity index (χ4v) is 3.04. The number of H-pyrrole nitrogens is 1. The summed E-state index contributed by atoms with van der Waals surface area (Å²) in [6.45, 7) is 6.12. The quantitative estimate of drug-likeness (QED) is 0.576. The number of hydrogen-bond acceptors (Lipinski definition) is 4.